The van der Waals surface area contributed by atoms with E-state index in [1.807, 2.05) is 0 Å². The lowest BCUT2D eigenvalue weighted by atomic mass is 9.67. The van der Waals surface area contributed by atoms with Crippen LogP contribution in [0.4, 0.5) is 0 Å². The molecule has 2 N–H and O–H groups in total. The number of hydrogen-bond acceptors (Lipinski definition) is 10. The van der Waals surface area contributed by atoms with Gasteiger partial charge in [0, 0.05) is 27.1 Å². The lowest BCUT2D eigenvalue weighted by Gasteiger charge is -2.45. The Bertz CT molecular complexity index is 1870. The van der Waals surface area contributed by atoms with Gasteiger partial charge in [-0.1, -0.05) is 48.5 Å². The van der Waals surface area contributed by atoms with Gasteiger partial charge in [-0.15, -0.1) is 0 Å². The van der Waals surface area contributed by atoms with Crippen LogP contribution in [-0.2, 0) is 19.0 Å². The Kier molecular flexibility index (Phi) is 4.90. The first-order valence-electron chi connectivity index (χ1n) is 12.9. The standard InChI is InChI=1S/C31H24O10/c1-30(2)31-21(29(36)41-30)17-18(27(34)37-3)22(32)13-9-5-7-11-15(13)24(17)39-26(31)20-19(28(35)38-4)23(33)14-10-6-8-12-16(14)25(20)40-31/h5-12,21,26,32-33H,1-4H3. The second-order valence-electron chi connectivity index (χ2n) is 10.8. The molecule has 3 unspecified atom stereocenters. The highest BCUT2D eigenvalue weighted by molar-refractivity contribution is 6.10. The minimum absolute atomic E-state index is 0.0563. The summed E-state index contributed by atoms with van der Waals surface area (Å²) in [6.07, 6.45) is -1.18. The summed E-state index contributed by atoms with van der Waals surface area (Å²) in [6.45, 7) is 3.30. The Hall–Kier alpha value is -4.99. The highest BCUT2D eigenvalue weighted by atomic mass is 16.6. The third kappa shape index (κ3) is 2.83. The van der Waals surface area contributed by atoms with Gasteiger partial charge in [0.1, 0.15) is 40.0 Å². The molecule has 41 heavy (non-hydrogen) atoms. The first kappa shape index (κ1) is 25.0. The lowest BCUT2D eigenvalue weighted by molar-refractivity contribution is -0.154. The molecule has 4 aromatic rings. The summed E-state index contributed by atoms with van der Waals surface area (Å²) < 4.78 is 29.5. The van der Waals surface area contributed by atoms with Crippen molar-refractivity contribution in [2.45, 2.75) is 37.1 Å². The predicted octanol–water partition coefficient (Wildman–Crippen LogP) is 4.66. The molecule has 1 saturated heterocycles. The van der Waals surface area contributed by atoms with E-state index in [9.17, 15) is 24.6 Å². The molecule has 3 aliphatic rings. The molecule has 3 heterocycles. The normalized spacial score (nSPS) is 23.0. The third-order valence-electron chi connectivity index (χ3n) is 8.54. The summed E-state index contributed by atoms with van der Waals surface area (Å²) in [7, 11) is 2.36. The fourth-order valence-electron chi connectivity index (χ4n) is 6.79. The van der Waals surface area contributed by atoms with Gasteiger partial charge in [0.05, 0.1) is 19.8 Å². The molecule has 0 aromatic heterocycles. The van der Waals surface area contributed by atoms with Gasteiger partial charge in [0.2, 0.25) is 5.60 Å². The molecule has 1 fully saturated rings. The zero-order valence-corrected chi connectivity index (χ0v) is 22.4. The number of rotatable bonds is 2. The maximum atomic E-state index is 13.9. The molecule has 0 radical (unpaired) electrons. The van der Waals surface area contributed by atoms with Gasteiger partial charge in [-0.25, -0.2) is 9.59 Å². The topological polar surface area (TPSA) is 138 Å². The van der Waals surface area contributed by atoms with E-state index < -0.39 is 41.1 Å². The molecule has 10 nitrogen and oxygen atoms in total. The van der Waals surface area contributed by atoms with Crippen molar-refractivity contribution in [2.24, 2.45) is 0 Å². The number of cyclic esters (lactones) is 1. The molecule has 3 atom stereocenters. The van der Waals surface area contributed by atoms with E-state index in [0.717, 1.165) is 0 Å². The zero-order valence-electron chi connectivity index (χ0n) is 22.4. The molecular weight excluding hydrogens is 532 g/mol. The van der Waals surface area contributed by atoms with Crippen molar-refractivity contribution in [2.75, 3.05) is 14.2 Å². The summed E-state index contributed by atoms with van der Waals surface area (Å²) in [5, 5.41) is 24.2. The van der Waals surface area contributed by atoms with Crippen LogP contribution < -0.4 is 9.47 Å². The smallest absolute Gasteiger partial charge is 0.342 e. The van der Waals surface area contributed by atoms with Crippen LogP contribution in [0.3, 0.4) is 0 Å². The van der Waals surface area contributed by atoms with Crippen LogP contribution in [0, 0.1) is 0 Å². The van der Waals surface area contributed by atoms with Gasteiger partial charge in [-0.05, 0) is 13.8 Å². The maximum absolute atomic E-state index is 13.9. The van der Waals surface area contributed by atoms with Crippen molar-refractivity contribution in [3.63, 3.8) is 0 Å². The second kappa shape index (κ2) is 8.03. The number of benzene rings is 4. The average Bonchev–Trinajstić information content (AvgIpc) is 3.42. The van der Waals surface area contributed by atoms with E-state index in [4.69, 9.17) is 23.7 Å². The highest BCUT2D eigenvalue weighted by Crippen LogP contribution is 2.68. The van der Waals surface area contributed by atoms with Crippen LogP contribution in [0.5, 0.6) is 23.0 Å². The molecule has 7 rings (SSSR count). The Morgan fingerprint density at radius 2 is 1.24 bits per heavy atom. The number of phenolic OH excluding ortho intramolecular Hbond substituents is 2. The summed E-state index contributed by atoms with van der Waals surface area (Å²) in [5.41, 5.74) is -3.23. The number of aromatic hydroxyl groups is 2. The van der Waals surface area contributed by atoms with Crippen LogP contribution in [-0.4, -0.2) is 53.5 Å². The Balaban J connectivity index is 1.66. The third-order valence-corrected chi connectivity index (χ3v) is 8.54. The number of hydrogen-bond donors (Lipinski definition) is 2. The van der Waals surface area contributed by atoms with Gasteiger partial charge in [0.25, 0.3) is 0 Å². The fourth-order valence-corrected chi connectivity index (χ4v) is 6.79. The summed E-state index contributed by atoms with van der Waals surface area (Å²) in [4.78, 5) is 40.3. The second-order valence-corrected chi connectivity index (χ2v) is 10.8. The number of esters is 3. The van der Waals surface area contributed by atoms with E-state index in [-0.39, 0.29) is 45.3 Å². The molecule has 0 bridgehead atoms. The summed E-state index contributed by atoms with van der Waals surface area (Å²) in [5.74, 6) is -4.10. The number of ether oxygens (including phenoxy) is 5. The van der Waals surface area contributed by atoms with Crippen molar-refractivity contribution in [3.8, 4) is 23.0 Å². The number of fused-ring (bicyclic) bond motifs is 8. The van der Waals surface area contributed by atoms with E-state index in [1.54, 1.807) is 62.4 Å². The van der Waals surface area contributed by atoms with Crippen molar-refractivity contribution in [3.05, 3.63) is 70.8 Å². The van der Waals surface area contributed by atoms with E-state index in [1.165, 1.54) is 14.2 Å². The van der Waals surface area contributed by atoms with E-state index in [0.29, 0.717) is 21.5 Å². The monoisotopic (exact) mass is 556 g/mol. The molecule has 208 valence electrons. The molecule has 3 aliphatic heterocycles. The predicted molar refractivity (Wildman–Crippen MR) is 144 cm³/mol. The maximum Gasteiger partial charge on any atom is 0.342 e. The van der Waals surface area contributed by atoms with Crippen LogP contribution in [0.2, 0.25) is 0 Å². The van der Waals surface area contributed by atoms with Crippen LogP contribution in [0.1, 0.15) is 57.7 Å². The quantitative estimate of drug-likeness (QED) is 0.265. The van der Waals surface area contributed by atoms with Gasteiger partial charge in [0.15, 0.2) is 11.7 Å². The zero-order chi connectivity index (χ0) is 29.0. The van der Waals surface area contributed by atoms with E-state index >= 15 is 0 Å². The number of methoxy groups -OCH3 is 2. The first-order chi connectivity index (χ1) is 19.6. The highest BCUT2D eigenvalue weighted by Gasteiger charge is 2.76. The fraction of sp³-hybridized carbons (Fsp3) is 0.258. The summed E-state index contributed by atoms with van der Waals surface area (Å²) in [6, 6.07) is 13.5. The molecule has 10 heteroatoms. The minimum atomic E-state index is -1.67. The Labute approximate surface area is 232 Å². The number of carbonyl (C=O) groups excluding carboxylic acids is 3. The van der Waals surface area contributed by atoms with Crippen LogP contribution >= 0.6 is 0 Å². The molecule has 0 saturated carbocycles. The Morgan fingerprint density at radius 3 is 1.78 bits per heavy atom. The average molecular weight is 557 g/mol. The molecular formula is C31H24O10. The number of carbonyl (C=O) groups is 3. The van der Waals surface area contributed by atoms with Crippen molar-refractivity contribution >= 4 is 39.5 Å². The van der Waals surface area contributed by atoms with Gasteiger partial charge in [-0.2, -0.15) is 0 Å². The van der Waals surface area contributed by atoms with Crippen molar-refractivity contribution < 1.29 is 48.3 Å². The minimum Gasteiger partial charge on any atom is -0.506 e. The molecule has 1 spiro atoms. The molecule has 0 amide bonds. The van der Waals surface area contributed by atoms with Crippen LogP contribution in [0.25, 0.3) is 21.5 Å². The lowest BCUT2D eigenvalue weighted by Crippen LogP contribution is -2.59. The Morgan fingerprint density at radius 1 is 0.756 bits per heavy atom. The van der Waals surface area contributed by atoms with E-state index in [2.05, 4.69) is 0 Å². The summed E-state index contributed by atoms with van der Waals surface area (Å²) >= 11 is 0. The van der Waals surface area contributed by atoms with Crippen molar-refractivity contribution in [1.82, 2.24) is 0 Å². The molecule has 4 aromatic carbocycles. The number of phenols is 2. The van der Waals surface area contributed by atoms with Gasteiger partial charge >= 0.3 is 17.9 Å². The van der Waals surface area contributed by atoms with Gasteiger partial charge in [-0.3, -0.25) is 4.79 Å². The largest absolute Gasteiger partial charge is 0.506 e. The van der Waals surface area contributed by atoms with Crippen molar-refractivity contribution in [1.29, 1.82) is 0 Å². The SMILES string of the molecule is COC(=O)c1c2c(c3ccccc3c1O)OC13C2Oc2c(c(C(=O)OC)c(O)c4ccccc24)C1C(=O)OC3(C)C. The van der Waals surface area contributed by atoms with Crippen LogP contribution in [0.15, 0.2) is 48.5 Å². The molecule has 0 aliphatic carbocycles. The first-order valence-corrected chi connectivity index (χ1v) is 12.9. The van der Waals surface area contributed by atoms with Gasteiger partial charge < -0.3 is 33.9 Å².